The van der Waals surface area contributed by atoms with E-state index in [4.69, 9.17) is 5.11 Å². The van der Waals surface area contributed by atoms with Gasteiger partial charge in [-0.1, -0.05) is 67.2 Å². The zero-order chi connectivity index (χ0) is 15.7. The Balaban J connectivity index is 0.000000219. The molecule has 1 N–H and O–H groups in total. The molecular formula is C18H18O3. The molecule has 0 saturated heterocycles. The van der Waals surface area contributed by atoms with Gasteiger partial charge in [0.2, 0.25) is 0 Å². The van der Waals surface area contributed by atoms with Gasteiger partial charge in [0.05, 0.1) is 6.42 Å². The molecule has 3 heteroatoms. The maximum absolute atomic E-state index is 10.6. The highest BCUT2D eigenvalue weighted by atomic mass is 16.4. The summed E-state index contributed by atoms with van der Waals surface area (Å²) in [6, 6.07) is 18.5. The molecule has 2 aromatic carbocycles. The van der Waals surface area contributed by atoms with E-state index in [0.717, 1.165) is 11.1 Å². The van der Waals surface area contributed by atoms with E-state index in [-0.39, 0.29) is 12.2 Å². The fraction of sp³-hybridized carbons (Fsp3) is 0.111. The van der Waals surface area contributed by atoms with Gasteiger partial charge in [-0.3, -0.25) is 9.59 Å². The monoisotopic (exact) mass is 282 g/mol. The predicted molar refractivity (Wildman–Crippen MR) is 84.2 cm³/mol. The summed E-state index contributed by atoms with van der Waals surface area (Å²) in [5.41, 5.74) is 2.31. The van der Waals surface area contributed by atoms with Gasteiger partial charge in [-0.05, 0) is 18.1 Å². The van der Waals surface area contributed by atoms with Crippen LogP contribution in [0.1, 0.15) is 29.3 Å². The number of benzene rings is 2. The average molecular weight is 282 g/mol. The third-order valence-corrected chi connectivity index (χ3v) is 2.73. The second-order valence-corrected chi connectivity index (χ2v) is 4.46. The number of ketones is 1. The quantitative estimate of drug-likeness (QED) is 0.860. The number of rotatable bonds is 4. The van der Waals surface area contributed by atoms with Crippen LogP contribution in [-0.4, -0.2) is 16.9 Å². The van der Waals surface area contributed by atoms with Gasteiger partial charge in [0.1, 0.15) is 0 Å². The molecule has 0 unspecified atom stereocenters. The van der Waals surface area contributed by atoms with Gasteiger partial charge in [0.25, 0.3) is 0 Å². The third kappa shape index (κ3) is 6.34. The number of carboxylic acid groups (broad SMARTS) is 1. The van der Waals surface area contributed by atoms with Crippen LogP contribution < -0.4 is 0 Å². The van der Waals surface area contributed by atoms with Gasteiger partial charge in [-0.15, -0.1) is 0 Å². The molecule has 0 aliphatic heterocycles. The maximum atomic E-state index is 10.6. The van der Waals surface area contributed by atoms with Crippen molar-refractivity contribution in [2.24, 2.45) is 0 Å². The summed E-state index contributed by atoms with van der Waals surface area (Å²) < 4.78 is 0. The first-order valence-corrected chi connectivity index (χ1v) is 6.51. The molecule has 0 aliphatic rings. The summed E-state index contributed by atoms with van der Waals surface area (Å²) in [4.78, 5) is 21.0. The molecule has 2 rings (SSSR count). The molecule has 0 aromatic heterocycles. The number of hydrogen-bond acceptors (Lipinski definition) is 2. The lowest BCUT2D eigenvalue weighted by atomic mass is 10.1. The van der Waals surface area contributed by atoms with Crippen molar-refractivity contribution in [3.05, 3.63) is 78.4 Å². The first kappa shape index (κ1) is 16.4. The largest absolute Gasteiger partial charge is 0.481 e. The summed E-state index contributed by atoms with van der Waals surface area (Å²) in [6.45, 7) is 5.25. The van der Waals surface area contributed by atoms with Gasteiger partial charge >= 0.3 is 5.97 Å². The second-order valence-electron chi connectivity index (χ2n) is 4.46. The fourth-order valence-corrected chi connectivity index (χ4v) is 1.63. The Morgan fingerprint density at radius 2 is 1.33 bits per heavy atom. The van der Waals surface area contributed by atoms with Crippen LogP contribution in [-0.2, 0) is 4.79 Å². The molecule has 0 atom stereocenters. The van der Waals surface area contributed by atoms with Crippen LogP contribution in [0.15, 0.2) is 67.2 Å². The normalized spacial score (nSPS) is 9.19. The molecule has 0 aliphatic carbocycles. The highest BCUT2D eigenvalue weighted by molar-refractivity contribution is 5.93. The molecule has 0 saturated carbocycles. The van der Waals surface area contributed by atoms with Crippen molar-refractivity contribution in [3.63, 3.8) is 0 Å². The molecule has 0 radical (unpaired) electrons. The standard InChI is InChI=1S/C10H10O2.C8H8O/c1-8(7-10(11)12)9-5-3-2-4-6-9;1-7(9)8-5-3-2-4-6-8/h2-6H,1,7H2,(H,11,12);2-6H,1H3. The van der Waals surface area contributed by atoms with Crippen LogP contribution in [0.5, 0.6) is 0 Å². The molecule has 0 fully saturated rings. The fourth-order valence-electron chi connectivity index (χ4n) is 1.63. The molecule has 0 spiro atoms. The van der Waals surface area contributed by atoms with E-state index in [2.05, 4.69) is 6.58 Å². The van der Waals surface area contributed by atoms with E-state index >= 15 is 0 Å². The van der Waals surface area contributed by atoms with Crippen molar-refractivity contribution in [1.82, 2.24) is 0 Å². The van der Waals surface area contributed by atoms with E-state index in [1.807, 2.05) is 60.7 Å². The van der Waals surface area contributed by atoms with E-state index < -0.39 is 5.97 Å². The number of carboxylic acids is 1. The lowest BCUT2D eigenvalue weighted by Crippen LogP contribution is -1.95. The first-order valence-electron chi connectivity index (χ1n) is 6.51. The van der Waals surface area contributed by atoms with Crippen LogP contribution in [0.3, 0.4) is 0 Å². The lowest BCUT2D eigenvalue weighted by molar-refractivity contribution is -0.135. The Hall–Kier alpha value is -2.68. The summed E-state index contributed by atoms with van der Waals surface area (Å²) >= 11 is 0. The molecule has 0 heterocycles. The van der Waals surface area contributed by atoms with Crippen LogP contribution in [0.4, 0.5) is 0 Å². The Morgan fingerprint density at radius 1 is 0.905 bits per heavy atom. The van der Waals surface area contributed by atoms with Gasteiger partial charge < -0.3 is 5.11 Å². The minimum atomic E-state index is -0.844. The lowest BCUT2D eigenvalue weighted by Gasteiger charge is -2.00. The molecule has 3 nitrogen and oxygen atoms in total. The predicted octanol–water partition coefficient (Wildman–Crippen LogP) is 4.06. The van der Waals surface area contributed by atoms with Crippen molar-refractivity contribution in [2.45, 2.75) is 13.3 Å². The molecular weight excluding hydrogens is 264 g/mol. The maximum Gasteiger partial charge on any atom is 0.307 e. The highest BCUT2D eigenvalue weighted by Gasteiger charge is 2.02. The Bertz CT molecular complexity index is 601. The summed E-state index contributed by atoms with van der Waals surface area (Å²) in [7, 11) is 0. The second kappa shape index (κ2) is 8.48. The van der Waals surface area contributed by atoms with E-state index in [9.17, 15) is 9.59 Å². The number of Topliss-reactive ketones (excluding diaryl/α,β-unsaturated/α-hetero) is 1. The Morgan fingerprint density at radius 3 is 1.67 bits per heavy atom. The van der Waals surface area contributed by atoms with Crippen molar-refractivity contribution in [3.8, 4) is 0 Å². The van der Waals surface area contributed by atoms with E-state index in [1.54, 1.807) is 6.92 Å². The highest BCUT2D eigenvalue weighted by Crippen LogP contribution is 2.14. The number of aliphatic carboxylic acids is 1. The van der Waals surface area contributed by atoms with Crippen molar-refractivity contribution >= 4 is 17.3 Å². The topological polar surface area (TPSA) is 54.4 Å². The molecule has 2 aromatic rings. The number of carbonyl (C=O) groups excluding carboxylic acids is 1. The smallest absolute Gasteiger partial charge is 0.307 e. The van der Waals surface area contributed by atoms with Crippen LogP contribution in [0, 0.1) is 0 Å². The zero-order valence-electron chi connectivity index (χ0n) is 12.0. The van der Waals surface area contributed by atoms with Gasteiger partial charge in [0, 0.05) is 5.56 Å². The zero-order valence-corrected chi connectivity index (χ0v) is 12.0. The average Bonchev–Trinajstić information content (AvgIpc) is 2.49. The first-order chi connectivity index (χ1) is 10.0. The van der Waals surface area contributed by atoms with E-state index in [1.165, 1.54) is 0 Å². The third-order valence-electron chi connectivity index (χ3n) is 2.73. The molecule has 21 heavy (non-hydrogen) atoms. The van der Waals surface area contributed by atoms with Crippen molar-refractivity contribution in [2.75, 3.05) is 0 Å². The van der Waals surface area contributed by atoms with Crippen molar-refractivity contribution < 1.29 is 14.7 Å². The molecule has 108 valence electrons. The minimum absolute atomic E-state index is 0.00398. The van der Waals surface area contributed by atoms with Crippen LogP contribution in [0.2, 0.25) is 0 Å². The Kier molecular flexibility index (Phi) is 6.61. The SMILES string of the molecule is C=C(CC(=O)O)c1ccccc1.CC(=O)c1ccccc1. The van der Waals surface area contributed by atoms with E-state index in [0.29, 0.717) is 5.57 Å². The molecule has 0 bridgehead atoms. The van der Waals surface area contributed by atoms with Crippen LogP contribution in [0.25, 0.3) is 5.57 Å². The Labute approximate surface area is 124 Å². The number of hydrogen-bond donors (Lipinski definition) is 1. The summed E-state index contributed by atoms with van der Waals surface area (Å²) in [5, 5.41) is 8.48. The van der Waals surface area contributed by atoms with Crippen molar-refractivity contribution in [1.29, 1.82) is 0 Å². The number of carbonyl (C=O) groups is 2. The van der Waals surface area contributed by atoms with Gasteiger partial charge in [-0.25, -0.2) is 0 Å². The van der Waals surface area contributed by atoms with Crippen LogP contribution >= 0.6 is 0 Å². The summed E-state index contributed by atoms with van der Waals surface area (Å²) in [6.07, 6.45) is 0.00398. The van der Waals surface area contributed by atoms with Gasteiger partial charge in [0.15, 0.2) is 5.78 Å². The minimum Gasteiger partial charge on any atom is -0.481 e. The van der Waals surface area contributed by atoms with Gasteiger partial charge in [-0.2, -0.15) is 0 Å². The molecule has 0 amide bonds. The summed E-state index contributed by atoms with van der Waals surface area (Å²) in [5.74, 6) is -0.723.